The van der Waals surface area contributed by atoms with E-state index in [0.717, 1.165) is 5.69 Å². The van der Waals surface area contributed by atoms with Gasteiger partial charge in [-0.15, -0.1) is 0 Å². The number of amides is 1. The average Bonchev–Trinajstić information content (AvgIpc) is 2.77. The van der Waals surface area contributed by atoms with Gasteiger partial charge in [-0.05, 0) is 31.2 Å². The summed E-state index contributed by atoms with van der Waals surface area (Å²) in [5.41, 5.74) is 2.59. The number of hydrogen-bond donors (Lipinski definition) is 3. The monoisotopic (exact) mass is 302 g/mol. The highest BCUT2D eigenvalue weighted by Gasteiger charge is 2.12. The van der Waals surface area contributed by atoms with Gasteiger partial charge < -0.3 is 15.3 Å². The molecule has 0 unspecified atom stereocenters. The van der Waals surface area contributed by atoms with E-state index in [1.54, 1.807) is 31.2 Å². The van der Waals surface area contributed by atoms with Gasteiger partial charge in [-0.3, -0.25) is 9.78 Å². The van der Waals surface area contributed by atoms with Gasteiger partial charge in [0.25, 0.3) is 5.91 Å². The van der Waals surface area contributed by atoms with E-state index in [9.17, 15) is 9.59 Å². The third-order valence-electron chi connectivity index (χ3n) is 3.01. The van der Waals surface area contributed by atoms with Gasteiger partial charge in [0.05, 0.1) is 21.6 Å². The van der Waals surface area contributed by atoms with Crippen molar-refractivity contribution < 1.29 is 4.79 Å². The second-order valence-electron chi connectivity index (χ2n) is 4.60. The maximum Gasteiger partial charge on any atom is 0.323 e. The Morgan fingerprint density at radius 2 is 2.00 bits per heavy atom. The molecular weight excluding hydrogens is 292 g/mol. The Balaban J connectivity index is 1.90. The zero-order valence-electron chi connectivity index (χ0n) is 11.0. The van der Waals surface area contributed by atoms with Crippen molar-refractivity contribution in [3.05, 3.63) is 57.2 Å². The van der Waals surface area contributed by atoms with E-state index in [-0.39, 0.29) is 11.6 Å². The minimum absolute atomic E-state index is 0.292. The quantitative estimate of drug-likeness (QED) is 0.679. The SMILES string of the molecule is Cc1cc(Cl)c(C(=O)Nc2ccc3[nH]c(=O)[nH]c3c2)cn1. The molecule has 0 fully saturated rings. The summed E-state index contributed by atoms with van der Waals surface area (Å²) in [4.78, 5) is 32.7. The molecule has 0 bridgehead atoms. The topological polar surface area (TPSA) is 90.6 Å². The first-order valence-electron chi connectivity index (χ1n) is 6.18. The number of aromatic amines is 2. The van der Waals surface area contributed by atoms with Crippen LogP contribution in [0.5, 0.6) is 0 Å². The molecule has 3 rings (SSSR count). The van der Waals surface area contributed by atoms with Crippen LogP contribution in [0.4, 0.5) is 5.69 Å². The molecule has 7 heteroatoms. The van der Waals surface area contributed by atoms with Crippen molar-refractivity contribution in [1.29, 1.82) is 0 Å². The number of nitrogens with zero attached hydrogens (tertiary/aromatic N) is 1. The molecule has 0 radical (unpaired) electrons. The second-order valence-corrected chi connectivity index (χ2v) is 5.01. The number of carbonyl (C=O) groups is 1. The minimum Gasteiger partial charge on any atom is -0.322 e. The second kappa shape index (κ2) is 5.06. The zero-order valence-corrected chi connectivity index (χ0v) is 11.8. The lowest BCUT2D eigenvalue weighted by Gasteiger charge is -2.07. The minimum atomic E-state index is -0.357. The third kappa shape index (κ3) is 2.66. The molecule has 0 aliphatic rings. The summed E-state index contributed by atoms with van der Waals surface area (Å²) >= 11 is 6.04. The Morgan fingerprint density at radius 1 is 1.24 bits per heavy atom. The fourth-order valence-electron chi connectivity index (χ4n) is 2.00. The summed E-state index contributed by atoms with van der Waals surface area (Å²) in [6, 6.07) is 6.70. The highest BCUT2D eigenvalue weighted by atomic mass is 35.5. The maximum absolute atomic E-state index is 12.2. The van der Waals surface area contributed by atoms with Crippen LogP contribution in [0.1, 0.15) is 16.1 Å². The maximum atomic E-state index is 12.2. The van der Waals surface area contributed by atoms with Crippen LogP contribution >= 0.6 is 11.6 Å². The van der Waals surface area contributed by atoms with Crippen molar-refractivity contribution in [3.63, 3.8) is 0 Å². The van der Waals surface area contributed by atoms with Gasteiger partial charge in [0, 0.05) is 17.6 Å². The molecule has 3 aromatic rings. The summed E-state index contributed by atoms with van der Waals surface area (Å²) < 4.78 is 0. The molecule has 21 heavy (non-hydrogen) atoms. The number of fused-ring (bicyclic) bond motifs is 1. The number of benzene rings is 1. The lowest BCUT2D eigenvalue weighted by molar-refractivity contribution is 0.102. The number of imidazole rings is 1. The molecule has 1 amide bonds. The number of anilines is 1. The molecule has 0 spiro atoms. The number of H-pyrrole nitrogens is 2. The number of carbonyl (C=O) groups excluding carboxylic acids is 1. The average molecular weight is 303 g/mol. The predicted molar refractivity (Wildman–Crippen MR) is 80.9 cm³/mol. The summed E-state index contributed by atoms with van der Waals surface area (Å²) in [7, 11) is 0. The van der Waals surface area contributed by atoms with Crippen LogP contribution in [0.15, 0.2) is 35.3 Å². The van der Waals surface area contributed by atoms with Gasteiger partial charge in [-0.25, -0.2) is 4.79 Å². The normalized spacial score (nSPS) is 10.8. The van der Waals surface area contributed by atoms with Gasteiger partial charge in [0.1, 0.15) is 0 Å². The molecule has 0 saturated carbocycles. The molecule has 106 valence electrons. The standard InChI is InChI=1S/C14H11ClN4O2/c1-7-4-10(15)9(6-16-7)13(20)17-8-2-3-11-12(5-8)19-14(21)18-11/h2-6H,1H3,(H,17,20)(H2,18,19,21). The molecule has 3 N–H and O–H groups in total. The fourth-order valence-corrected chi connectivity index (χ4v) is 2.29. The Labute approximate surface area is 124 Å². The van der Waals surface area contributed by atoms with E-state index in [0.29, 0.717) is 27.3 Å². The zero-order chi connectivity index (χ0) is 15.0. The number of rotatable bonds is 2. The molecule has 0 atom stereocenters. The van der Waals surface area contributed by atoms with Crippen LogP contribution < -0.4 is 11.0 Å². The van der Waals surface area contributed by atoms with Gasteiger partial charge in [0.2, 0.25) is 0 Å². The van der Waals surface area contributed by atoms with Gasteiger partial charge in [-0.2, -0.15) is 0 Å². The number of aromatic nitrogens is 3. The van der Waals surface area contributed by atoms with Gasteiger partial charge >= 0.3 is 5.69 Å². The lowest BCUT2D eigenvalue weighted by atomic mass is 10.2. The summed E-state index contributed by atoms with van der Waals surface area (Å²) in [6.45, 7) is 1.80. The summed E-state index contributed by atoms with van der Waals surface area (Å²) in [5, 5.41) is 3.06. The Hall–Kier alpha value is -2.60. The van der Waals surface area contributed by atoms with Crippen molar-refractivity contribution in [1.82, 2.24) is 15.0 Å². The van der Waals surface area contributed by atoms with Gasteiger partial charge in [0.15, 0.2) is 0 Å². The van der Waals surface area contributed by atoms with Crippen LogP contribution in [0.25, 0.3) is 11.0 Å². The van der Waals surface area contributed by atoms with E-state index >= 15 is 0 Å². The molecule has 0 aliphatic heterocycles. The summed E-state index contributed by atoms with van der Waals surface area (Å²) in [5.74, 6) is -0.357. The van der Waals surface area contributed by atoms with Crippen molar-refractivity contribution in [3.8, 4) is 0 Å². The number of aryl methyl sites for hydroxylation is 1. The van der Waals surface area contributed by atoms with Crippen LogP contribution in [-0.2, 0) is 0 Å². The Kier molecular flexibility index (Phi) is 3.23. The van der Waals surface area contributed by atoms with Crippen molar-refractivity contribution >= 4 is 34.2 Å². The first-order chi connectivity index (χ1) is 10.0. The largest absolute Gasteiger partial charge is 0.323 e. The van der Waals surface area contributed by atoms with Crippen LogP contribution in [0.2, 0.25) is 5.02 Å². The smallest absolute Gasteiger partial charge is 0.322 e. The molecular formula is C14H11ClN4O2. The van der Waals surface area contributed by atoms with Crippen molar-refractivity contribution in [2.45, 2.75) is 6.92 Å². The first kappa shape index (κ1) is 13.4. The third-order valence-corrected chi connectivity index (χ3v) is 3.32. The van der Waals surface area contributed by atoms with Gasteiger partial charge in [-0.1, -0.05) is 11.6 Å². The molecule has 6 nitrogen and oxygen atoms in total. The molecule has 1 aromatic carbocycles. The van der Waals surface area contributed by atoms with Crippen molar-refractivity contribution in [2.75, 3.05) is 5.32 Å². The number of halogens is 1. The Morgan fingerprint density at radius 3 is 2.76 bits per heavy atom. The van der Waals surface area contributed by atoms with Crippen LogP contribution in [-0.4, -0.2) is 20.9 Å². The number of pyridine rings is 1. The van der Waals surface area contributed by atoms with E-state index < -0.39 is 0 Å². The number of nitrogens with one attached hydrogen (secondary N) is 3. The van der Waals surface area contributed by atoms with Crippen molar-refractivity contribution in [2.24, 2.45) is 0 Å². The molecule has 2 aromatic heterocycles. The van der Waals surface area contributed by atoms with E-state index in [2.05, 4.69) is 20.3 Å². The van der Waals surface area contributed by atoms with E-state index in [1.165, 1.54) is 6.20 Å². The predicted octanol–water partition coefficient (Wildman–Crippen LogP) is 2.47. The number of hydrogen-bond acceptors (Lipinski definition) is 3. The van der Waals surface area contributed by atoms with E-state index in [1.807, 2.05) is 0 Å². The summed E-state index contributed by atoms with van der Waals surface area (Å²) in [6.07, 6.45) is 1.43. The lowest BCUT2D eigenvalue weighted by Crippen LogP contribution is -2.13. The highest BCUT2D eigenvalue weighted by molar-refractivity contribution is 6.34. The first-order valence-corrected chi connectivity index (χ1v) is 6.56. The molecule has 0 saturated heterocycles. The molecule has 0 aliphatic carbocycles. The van der Waals surface area contributed by atoms with E-state index in [4.69, 9.17) is 11.6 Å². The van der Waals surface area contributed by atoms with Crippen LogP contribution in [0, 0.1) is 6.92 Å². The van der Waals surface area contributed by atoms with Crippen LogP contribution in [0.3, 0.4) is 0 Å². The fraction of sp³-hybridized carbons (Fsp3) is 0.0714. The highest BCUT2D eigenvalue weighted by Crippen LogP contribution is 2.19. The molecule has 2 heterocycles. The Bertz CT molecular complexity index is 897.